The number of aromatic nitrogens is 2. The Morgan fingerprint density at radius 3 is 1.60 bits per heavy atom. The second kappa shape index (κ2) is 14.2. The molecule has 0 atom stereocenters. The van der Waals surface area contributed by atoms with Crippen LogP contribution in [0, 0.1) is 13.1 Å². The van der Waals surface area contributed by atoms with Crippen molar-refractivity contribution in [3.8, 4) is 0 Å². The molecule has 0 radical (unpaired) electrons. The molecular weight excluding hydrogens is 592 g/mol. The Kier molecular flexibility index (Phi) is 10.1. The lowest BCUT2D eigenvalue weighted by atomic mass is 9.90. The van der Waals surface area contributed by atoms with Crippen molar-refractivity contribution in [2.75, 3.05) is 0 Å². The summed E-state index contributed by atoms with van der Waals surface area (Å²) in [5, 5.41) is 4.89. The van der Waals surface area contributed by atoms with Gasteiger partial charge in [-0.1, -0.05) is 24.3 Å². The molecule has 4 aromatic rings. The average molecular weight is 635 g/mol. The monoisotopic (exact) mass is 634 g/mol. The molecule has 10 heteroatoms. The third-order valence-electron chi connectivity index (χ3n) is 8.98. The lowest BCUT2D eigenvalue weighted by molar-refractivity contribution is 0.0488. The summed E-state index contributed by atoms with van der Waals surface area (Å²) in [6.45, 7) is 19.9. The predicted molar refractivity (Wildman–Crippen MR) is 185 cm³/mol. The molecule has 244 valence electrons. The number of rotatable bonds is 3. The third-order valence-corrected chi connectivity index (χ3v) is 8.98. The summed E-state index contributed by atoms with van der Waals surface area (Å²) in [7, 11) is 0. The highest BCUT2D eigenvalue weighted by molar-refractivity contribution is 5.83. The molecule has 2 aromatic carbocycles. The van der Waals surface area contributed by atoms with E-state index in [1.54, 1.807) is 36.4 Å². The minimum atomic E-state index is -0.516. The summed E-state index contributed by atoms with van der Waals surface area (Å²) in [4.78, 5) is 43.7. The fourth-order valence-electron chi connectivity index (χ4n) is 6.69. The first-order chi connectivity index (χ1) is 22.5. The topological polar surface area (TPSA) is 117 Å². The summed E-state index contributed by atoms with van der Waals surface area (Å²) in [5.41, 5.74) is 8.17. The van der Waals surface area contributed by atoms with Gasteiger partial charge in [-0.05, 0) is 107 Å². The summed E-state index contributed by atoms with van der Waals surface area (Å²) in [5.74, 6) is 0. The van der Waals surface area contributed by atoms with E-state index >= 15 is 0 Å². The first kappa shape index (κ1) is 33.4. The van der Waals surface area contributed by atoms with Crippen LogP contribution in [0.4, 0.5) is 16.2 Å². The molecule has 0 aliphatic heterocycles. The van der Waals surface area contributed by atoms with Crippen LogP contribution in [-0.2, 0) is 4.74 Å². The molecule has 2 heterocycles. The van der Waals surface area contributed by atoms with Crippen LogP contribution in [0.25, 0.3) is 31.5 Å². The molecule has 6 rings (SSSR count). The number of hydrogen-bond donors (Lipinski definition) is 2. The fourth-order valence-corrected chi connectivity index (χ4v) is 6.69. The molecule has 0 unspecified atom stereocenters. The van der Waals surface area contributed by atoms with Crippen LogP contribution in [0.15, 0.2) is 70.3 Å². The largest absolute Gasteiger partial charge is 0.444 e. The van der Waals surface area contributed by atoms with Crippen LogP contribution in [0.2, 0.25) is 0 Å². The molecule has 2 aliphatic carbocycles. The molecule has 10 nitrogen and oxygen atoms in total. The second-order valence-electron chi connectivity index (χ2n) is 13.5. The molecular formula is C37H42N6O4. The zero-order chi connectivity index (χ0) is 33.7. The Morgan fingerprint density at radius 2 is 1.17 bits per heavy atom. The Bertz CT molecular complexity index is 1960. The first-order valence-electron chi connectivity index (χ1n) is 16.3. The molecule has 0 saturated heterocycles. The van der Waals surface area contributed by atoms with Gasteiger partial charge in [-0.2, -0.15) is 0 Å². The number of pyridine rings is 2. The molecule has 1 amide bonds. The Hall–Kier alpha value is -4.93. The fraction of sp³-hybridized carbons (Fsp3) is 0.432. The van der Waals surface area contributed by atoms with Crippen molar-refractivity contribution >= 4 is 39.3 Å². The Morgan fingerprint density at radius 1 is 0.745 bits per heavy atom. The second-order valence-corrected chi connectivity index (χ2v) is 13.5. The van der Waals surface area contributed by atoms with Crippen LogP contribution >= 0.6 is 0 Å². The van der Waals surface area contributed by atoms with Gasteiger partial charge in [0.1, 0.15) is 5.60 Å². The van der Waals surface area contributed by atoms with Crippen LogP contribution < -0.4 is 22.2 Å². The van der Waals surface area contributed by atoms with Crippen molar-refractivity contribution in [1.82, 2.24) is 14.5 Å². The van der Waals surface area contributed by atoms with Crippen molar-refractivity contribution in [2.45, 2.75) is 102 Å². The van der Waals surface area contributed by atoms with Crippen LogP contribution in [0.1, 0.15) is 84.2 Å². The number of amides is 1. The van der Waals surface area contributed by atoms with Gasteiger partial charge in [0.25, 0.3) is 11.1 Å². The molecule has 2 aliphatic rings. The van der Waals surface area contributed by atoms with E-state index < -0.39 is 11.7 Å². The number of nitrogens with one attached hydrogen (secondary N) is 1. The minimum Gasteiger partial charge on any atom is -0.444 e. The highest BCUT2D eigenvalue weighted by Crippen LogP contribution is 2.32. The van der Waals surface area contributed by atoms with Crippen molar-refractivity contribution in [2.24, 2.45) is 5.73 Å². The number of nitrogens with zero attached hydrogens (tertiary/aromatic N) is 4. The van der Waals surface area contributed by atoms with E-state index in [9.17, 15) is 14.4 Å². The summed E-state index contributed by atoms with van der Waals surface area (Å²) >= 11 is 0. The van der Waals surface area contributed by atoms with Crippen LogP contribution in [0.3, 0.4) is 0 Å². The van der Waals surface area contributed by atoms with Crippen molar-refractivity contribution in [3.63, 3.8) is 0 Å². The molecule has 0 spiro atoms. The number of benzene rings is 2. The van der Waals surface area contributed by atoms with Gasteiger partial charge in [0.05, 0.1) is 13.1 Å². The number of carbonyl (C=O) groups excluding carboxylic acids is 1. The highest BCUT2D eigenvalue weighted by atomic mass is 16.6. The molecule has 2 saturated carbocycles. The lowest BCUT2D eigenvalue weighted by Gasteiger charge is -2.31. The smallest absolute Gasteiger partial charge is 0.407 e. The van der Waals surface area contributed by atoms with Crippen LogP contribution in [0.5, 0.6) is 0 Å². The van der Waals surface area contributed by atoms with Gasteiger partial charge in [0, 0.05) is 47.3 Å². The first-order valence-corrected chi connectivity index (χ1v) is 16.3. The zero-order valence-corrected chi connectivity index (χ0v) is 27.2. The minimum absolute atomic E-state index is 0.0140. The van der Waals surface area contributed by atoms with E-state index in [1.165, 1.54) is 0 Å². The standard InChI is InChI=1S/C21H25N3O3.C16H17N3O/c1-21(2,3)27-20(26)23-15-8-10-17(11-9-15)24-18-13-16(22-4)7-5-14(18)6-12-19(24)25;1-18-13-6-2-11-3-9-16(20)19(15(11)10-13)14-7-4-12(17)5-8-14/h5-7,12-13,15,17H,8-11H2,1-3H3,(H,23,26);2-3,6,9-10,12,14H,4-5,7-8,17H2. The molecule has 2 fully saturated rings. The van der Waals surface area contributed by atoms with Gasteiger partial charge >= 0.3 is 6.09 Å². The van der Waals surface area contributed by atoms with E-state index in [2.05, 4.69) is 15.0 Å². The van der Waals surface area contributed by atoms with Gasteiger partial charge in [0.15, 0.2) is 11.4 Å². The van der Waals surface area contributed by atoms with Gasteiger partial charge in [0.2, 0.25) is 0 Å². The average Bonchev–Trinajstić information content (AvgIpc) is 3.04. The number of fused-ring (bicyclic) bond motifs is 2. The van der Waals surface area contributed by atoms with Gasteiger partial charge in [-0.3, -0.25) is 9.59 Å². The van der Waals surface area contributed by atoms with Crippen molar-refractivity contribution in [3.05, 3.63) is 104 Å². The lowest BCUT2D eigenvalue weighted by Crippen LogP contribution is -2.41. The third kappa shape index (κ3) is 8.08. The van der Waals surface area contributed by atoms with E-state index in [1.807, 2.05) is 54.2 Å². The maximum Gasteiger partial charge on any atom is 0.407 e. The van der Waals surface area contributed by atoms with E-state index in [0.29, 0.717) is 11.4 Å². The number of alkyl carbamates (subject to hydrolysis) is 1. The summed E-state index contributed by atoms with van der Waals surface area (Å²) < 4.78 is 8.99. The predicted octanol–water partition coefficient (Wildman–Crippen LogP) is 7.56. The normalized spacial score (nSPS) is 21.1. The van der Waals surface area contributed by atoms with Gasteiger partial charge < -0.3 is 24.9 Å². The quantitative estimate of drug-likeness (QED) is 0.226. The zero-order valence-electron chi connectivity index (χ0n) is 27.2. The summed E-state index contributed by atoms with van der Waals surface area (Å²) in [6.07, 6.45) is 6.54. The molecule has 47 heavy (non-hydrogen) atoms. The van der Waals surface area contributed by atoms with Gasteiger partial charge in [-0.25, -0.2) is 14.5 Å². The molecule has 0 bridgehead atoms. The number of nitrogens with two attached hydrogens (primary N) is 1. The maximum absolute atomic E-state index is 12.5. The maximum atomic E-state index is 12.5. The van der Waals surface area contributed by atoms with Gasteiger partial charge in [-0.15, -0.1) is 0 Å². The van der Waals surface area contributed by atoms with E-state index in [4.69, 9.17) is 23.6 Å². The van der Waals surface area contributed by atoms with E-state index in [-0.39, 0.29) is 35.3 Å². The Balaban J connectivity index is 0.000000193. The molecule has 3 N–H and O–H groups in total. The Labute approximate surface area is 274 Å². The van der Waals surface area contributed by atoms with Crippen LogP contribution in [-0.4, -0.2) is 32.9 Å². The van der Waals surface area contributed by atoms with Crippen molar-refractivity contribution < 1.29 is 9.53 Å². The summed E-state index contributed by atoms with van der Waals surface area (Å²) in [6, 6.07) is 18.4. The highest BCUT2D eigenvalue weighted by Gasteiger charge is 2.27. The number of carbonyl (C=O) groups is 1. The number of hydrogen-bond acceptors (Lipinski definition) is 5. The SMILES string of the molecule is [C-]#[N+]c1ccc2ccc(=O)n(C3CCC(N)CC3)c2c1.[C-]#[N+]c1ccc2ccc(=O)n(C3CCC(NC(=O)OC(C)(C)C)CC3)c2c1. The van der Waals surface area contributed by atoms with Crippen molar-refractivity contribution in [1.29, 1.82) is 0 Å². The number of ether oxygens (including phenoxy) is 1. The molecule has 2 aromatic heterocycles. The van der Waals surface area contributed by atoms with E-state index in [0.717, 1.165) is 73.2 Å².